The van der Waals surface area contributed by atoms with Gasteiger partial charge in [-0.05, 0) is 84.9 Å². The molecule has 0 radical (unpaired) electrons. The van der Waals surface area contributed by atoms with Crippen LogP contribution >= 0.6 is 0 Å². The molecule has 3 N–H and O–H groups in total. The van der Waals surface area contributed by atoms with Gasteiger partial charge in [-0.1, -0.05) is 46.2 Å². The quantitative estimate of drug-likeness (QED) is 0.0356. The van der Waals surface area contributed by atoms with Gasteiger partial charge in [-0.2, -0.15) is 0 Å². The van der Waals surface area contributed by atoms with Crippen molar-refractivity contribution in [3.63, 3.8) is 0 Å². The molecule has 5 heterocycles. The number of carbonyl (C=O) groups is 8. The summed E-state index contributed by atoms with van der Waals surface area (Å²) < 4.78 is 62.5. The molecule has 1 saturated carbocycles. The summed E-state index contributed by atoms with van der Waals surface area (Å²) in [4.78, 5) is 118. The summed E-state index contributed by atoms with van der Waals surface area (Å²) in [5.41, 5.74) is 5.47. The highest BCUT2D eigenvalue weighted by molar-refractivity contribution is 6.07. The summed E-state index contributed by atoms with van der Waals surface area (Å²) in [5.74, 6) is -0.667. The Labute approximate surface area is 596 Å². The molecule has 2 fully saturated rings. The number of likely N-dealkylation sites (tertiary alicyclic amines) is 1. The smallest absolute Gasteiger partial charge is 0.260 e. The molecular formula is C75H100N8O19. The lowest BCUT2D eigenvalue weighted by Gasteiger charge is -2.23. The number of hydrogen-bond acceptors (Lipinski definition) is 21. The summed E-state index contributed by atoms with van der Waals surface area (Å²) in [6, 6.07) is 13.0. The second-order valence-electron chi connectivity index (χ2n) is 26.4. The van der Waals surface area contributed by atoms with Crippen LogP contribution in [0.1, 0.15) is 131 Å². The van der Waals surface area contributed by atoms with Crippen molar-refractivity contribution < 1.29 is 90.5 Å². The molecule has 3 aromatic rings. The van der Waals surface area contributed by atoms with Gasteiger partial charge in [0, 0.05) is 113 Å². The van der Waals surface area contributed by atoms with E-state index in [4.69, 9.17) is 62.1 Å². The zero-order valence-corrected chi connectivity index (χ0v) is 59.7. The summed E-state index contributed by atoms with van der Waals surface area (Å²) in [5, 5.41) is 8.55. The predicted molar refractivity (Wildman–Crippen MR) is 379 cm³/mol. The van der Waals surface area contributed by atoms with E-state index >= 15 is 0 Å². The van der Waals surface area contributed by atoms with Crippen molar-refractivity contribution in [2.75, 3.05) is 138 Å². The molecule has 102 heavy (non-hydrogen) atoms. The van der Waals surface area contributed by atoms with Crippen molar-refractivity contribution in [3.05, 3.63) is 83.2 Å². The highest BCUT2D eigenvalue weighted by atomic mass is 16.6. The molecule has 5 atom stereocenters. The first kappa shape index (κ1) is 77.7. The number of nitrogens with zero attached hydrogens (tertiary/aromatic N) is 5. The molecule has 9 rings (SSSR count). The van der Waals surface area contributed by atoms with E-state index in [0.29, 0.717) is 175 Å². The molecule has 5 aliphatic heterocycles. The standard InChI is InChI=1S/C75H100N8O19/c1-49(2)71(80-69(86)11-8-7-9-21-94-25-27-96-29-31-98-33-35-100-36-34-99-32-30-97-28-26-95-24-19-76-68(85)18-20-81-70(87)38-51(4)73(81)89)63(84)37-50(3)72(88)79-56-16-14-53(15-17-56)55-40-58-46-78-62-44-67(65(93-6)42-60(62)75(91)83(58)48-55)102-23-10-22-101-66-43-61-59(41-64(66)92-5)74(90)82-47-54(52-12-13-52)39-57(82)45-77-61/h14-17,41-52,57-58,71H,7-13,18-40H2,1-6H3,(H,76,85)(H,79,88)(H,80,86)/t50-,51?,57+,58+,71?/m1/s1. The molecule has 6 aliphatic rings. The first-order chi connectivity index (χ1) is 49.5. The number of nitrogens with one attached hydrogen (secondary N) is 3. The number of fused-ring (bicyclic) bond motifs is 4. The second-order valence-corrected chi connectivity index (χ2v) is 26.4. The Morgan fingerprint density at radius 1 is 0.569 bits per heavy atom. The van der Waals surface area contributed by atoms with Crippen LogP contribution in [0.4, 0.5) is 17.1 Å². The van der Waals surface area contributed by atoms with E-state index in [1.165, 1.54) is 25.5 Å². The van der Waals surface area contributed by atoms with Crippen LogP contribution in [0.25, 0.3) is 5.57 Å². The first-order valence-corrected chi connectivity index (χ1v) is 35.7. The number of methoxy groups -OCH3 is 2. The van der Waals surface area contributed by atoms with Crippen LogP contribution in [-0.2, 0) is 61.9 Å². The van der Waals surface area contributed by atoms with E-state index < -0.39 is 12.0 Å². The number of hydrogen-bond donors (Lipinski definition) is 3. The van der Waals surface area contributed by atoms with Crippen molar-refractivity contribution >= 4 is 82.2 Å². The number of ketones is 1. The van der Waals surface area contributed by atoms with Crippen molar-refractivity contribution in [2.45, 2.75) is 123 Å². The number of rotatable bonds is 47. The number of ether oxygens (including phenoxy) is 11. The van der Waals surface area contributed by atoms with Crippen LogP contribution in [0.3, 0.4) is 0 Å². The van der Waals surface area contributed by atoms with Gasteiger partial charge in [0.25, 0.3) is 11.8 Å². The Hall–Kier alpha value is -8.44. The van der Waals surface area contributed by atoms with E-state index in [2.05, 4.69) is 16.0 Å². The van der Waals surface area contributed by atoms with Crippen LogP contribution in [-0.4, -0.2) is 225 Å². The van der Waals surface area contributed by atoms with Gasteiger partial charge in [0.2, 0.25) is 29.5 Å². The number of benzene rings is 3. The van der Waals surface area contributed by atoms with Gasteiger partial charge in [-0.25, -0.2) is 0 Å². The number of unbranched alkanes of at least 4 members (excludes halogenated alkanes) is 2. The number of Topliss-reactive ketones (excluding diaryl/α,β-unsaturated/α-hetero) is 1. The SMILES string of the molecule is COc1cc2c(cc1OCCCOc1cc3c(cc1OC)C(=O)N1C=C(C4CC4)C[C@H]1C=N3)N=C[C@@H]1CC(c3ccc(NC(=O)[C@H](C)CC(=O)C(NC(=O)CCCCCOCCOCCOCCOCCOCCOCCOCCNC(=O)CCN4C(=O)CC(C)C4=O)C(C)C)cc3)=CN1C2=O. The predicted octanol–water partition coefficient (Wildman–Crippen LogP) is 8.00. The van der Waals surface area contributed by atoms with E-state index in [1.807, 2.05) is 44.6 Å². The topological polar surface area (TPSA) is 309 Å². The lowest BCUT2D eigenvalue weighted by atomic mass is 9.92. The maximum absolute atomic E-state index is 14.2. The van der Waals surface area contributed by atoms with Crippen LogP contribution in [0.5, 0.6) is 23.0 Å². The van der Waals surface area contributed by atoms with Gasteiger partial charge in [-0.3, -0.25) is 53.2 Å². The van der Waals surface area contributed by atoms with Gasteiger partial charge in [0.15, 0.2) is 28.8 Å². The van der Waals surface area contributed by atoms with Gasteiger partial charge in [0.1, 0.15) is 0 Å². The highest BCUT2D eigenvalue weighted by Gasteiger charge is 2.39. The molecule has 27 nitrogen and oxygen atoms in total. The third-order valence-electron chi connectivity index (χ3n) is 18.2. The highest BCUT2D eigenvalue weighted by Crippen LogP contribution is 2.45. The average Bonchev–Trinajstić information content (AvgIpc) is 1.61. The second kappa shape index (κ2) is 39.8. The van der Waals surface area contributed by atoms with E-state index in [1.54, 1.807) is 73.4 Å². The monoisotopic (exact) mass is 1420 g/mol. The van der Waals surface area contributed by atoms with Crippen molar-refractivity contribution in [2.24, 2.45) is 33.7 Å². The summed E-state index contributed by atoms with van der Waals surface area (Å²) in [7, 11) is 3.06. The zero-order valence-electron chi connectivity index (χ0n) is 59.7. The van der Waals surface area contributed by atoms with Crippen molar-refractivity contribution in [1.29, 1.82) is 0 Å². The maximum atomic E-state index is 14.2. The molecule has 7 amide bonds. The maximum Gasteiger partial charge on any atom is 0.260 e. The van der Waals surface area contributed by atoms with E-state index in [9.17, 15) is 38.4 Å². The fourth-order valence-corrected chi connectivity index (χ4v) is 12.3. The van der Waals surface area contributed by atoms with Gasteiger partial charge >= 0.3 is 0 Å². The number of anilines is 1. The number of imide groups is 1. The average molecular weight is 1420 g/mol. The van der Waals surface area contributed by atoms with Crippen LogP contribution in [0.2, 0.25) is 0 Å². The summed E-state index contributed by atoms with van der Waals surface area (Å²) in [6.07, 6.45) is 14.3. The van der Waals surface area contributed by atoms with Gasteiger partial charge < -0.3 is 77.9 Å². The van der Waals surface area contributed by atoms with Crippen LogP contribution < -0.4 is 34.9 Å². The Kier molecular flexibility index (Phi) is 30.4. The molecule has 0 spiro atoms. The number of carbonyl (C=O) groups excluding carboxylic acids is 8. The third-order valence-corrected chi connectivity index (χ3v) is 18.2. The normalized spacial score (nSPS) is 18.1. The Morgan fingerprint density at radius 3 is 1.62 bits per heavy atom. The minimum absolute atomic E-state index is 0.0482. The Morgan fingerprint density at radius 2 is 1.10 bits per heavy atom. The number of amides is 7. The molecule has 554 valence electrons. The molecular weight excluding hydrogens is 1320 g/mol. The largest absolute Gasteiger partial charge is 0.493 e. The van der Waals surface area contributed by atoms with E-state index in [0.717, 1.165) is 35.3 Å². The first-order valence-electron chi connectivity index (χ1n) is 35.7. The molecule has 27 heteroatoms. The Balaban J connectivity index is 0.567. The molecule has 3 aromatic carbocycles. The lowest BCUT2D eigenvalue weighted by molar-refractivity contribution is -0.139. The molecule has 1 saturated heterocycles. The minimum atomic E-state index is -0.731. The molecule has 0 bridgehead atoms. The van der Waals surface area contributed by atoms with Gasteiger partial charge in [0.05, 0.1) is 154 Å². The number of aliphatic imine (C=N–C) groups is 2. The lowest BCUT2D eigenvalue weighted by Crippen LogP contribution is -2.45. The zero-order chi connectivity index (χ0) is 72.3. The molecule has 1 aliphatic carbocycles. The van der Waals surface area contributed by atoms with Crippen molar-refractivity contribution in [3.8, 4) is 23.0 Å². The van der Waals surface area contributed by atoms with Crippen LogP contribution in [0, 0.1) is 23.7 Å². The fraction of sp³-hybridized carbons (Fsp3) is 0.573. The fourth-order valence-electron chi connectivity index (χ4n) is 12.3. The third kappa shape index (κ3) is 22.8. The van der Waals surface area contributed by atoms with Crippen molar-refractivity contribution in [1.82, 2.24) is 25.3 Å². The molecule has 2 unspecified atom stereocenters. The summed E-state index contributed by atoms with van der Waals surface area (Å²) in [6.45, 7) is 13.9. The Bertz CT molecular complexity index is 3500. The summed E-state index contributed by atoms with van der Waals surface area (Å²) >= 11 is 0. The molecule has 0 aromatic heterocycles. The van der Waals surface area contributed by atoms with Crippen LogP contribution in [0.15, 0.2) is 76.5 Å². The minimum Gasteiger partial charge on any atom is -0.493 e. The van der Waals surface area contributed by atoms with Gasteiger partial charge in [-0.15, -0.1) is 0 Å². The van der Waals surface area contributed by atoms with E-state index in [-0.39, 0.29) is 116 Å².